The Morgan fingerprint density at radius 3 is 2.40 bits per heavy atom. The molecular formula is C16H18N2O2. The Balaban J connectivity index is 1.74. The lowest BCUT2D eigenvalue weighted by molar-refractivity contribution is -0.119. The lowest BCUT2D eigenvalue weighted by Crippen LogP contribution is -2.29. The molecule has 2 aromatic rings. The Labute approximate surface area is 118 Å². The van der Waals surface area contributed by atoms with Crippen LogP contribution in [0.25, 0.3) is 0 Å². The first-order valence-electron chi connectivity index (χ1n) is 6.46. The van der Waals surface area contributed by atoms with E-state index in [4.69, 9.17) is 4.74 Å². The number of hydrogen-bond donors (Lipinski definition) is 2. The van der Waals surface area contributed by atoms with Crippen molar-refractivity contribution in [2.24, 2.45) is 0 Å². The number of ether oxygens (including phenoxy) is 1. The van der Waals surface area contributed by atoms with E-state index in [-0.39, 0.29) is 12.5 Å². The molecule has 0 spiro atoms. The largest absolute Gasteiger partial charge is 0.497 e. The quantitative estimate of drug-likeness (QED) is 0.847. The van der Waals surface area contributed by atoms with Gasteiger partial charge >= 0.3 is 0 Å². The van der Waals surface area contributed by atoms with Crippen LogP contribution in [0.5, 0.6) is 5.75 Å². The van der Waals surface area contributed by atoms with E-state index in [1.165, 1.54) is 0 Å². The standard InChI is InChI=1S/C16H18N2O2/c1-20-15-9-7-13(8-10-15)11-18-16(19)12-17-14-5-3-2-4-6-14/h2-10,17H,11-12H2,1H3,(H,18,19). The molecule has 0 saturated carbocycles. The number of rotatable bonds is 6. The highest BCUT2D eigenvalue weighted by Crippen LogP contribution is 2.10. The number of hydrogen-bond acceptors (Lipinski definition) is 3. The lowest BCUT2D eigenvalue weighted by Gasteiger charge is -2.08. The van der Waals surface area contributed by atoms with Crippen molar-refractivity contribution in [1.82, 2.24) is 5.32 Å². The molecule has 0 heterocycles. The Morgan fingerprint density at radius 1 is 1.05 bits per heavy atom. The van der Waals surface area contributed by atoms with Crippen molar-refractivity contribution in [1.29, 1.82) is 0 Å². The van der Waals surface area contributed by atoms with Crippen LogP contribution in [0, 0.1) is 0 Å². The summed E-state index contributed by atoms with van der Waals surface area (Å²) in [6, 6.07) is 17.3. The molecule has 0 aliphatic heterocycles. The summed E-state index contributed by atoms with van der Waals surface area (Å²) in [6.07, 6.45) is 0. The molecule has 20 heavy (non-hydrogen) atoms. The van der Waals surface area contributed by atoms with Gasteiger partial charge in [-0.3, -0.25) is 4.79 Å². The minimum absolute atomic E-state index is 0.0373. The third kappa shape index (κ3) is 4.31. The predicted octanol–water partition coefficient (Wildman–Crippen LogP) is 2.42. The predicted molar refractivity (Wildman–Crippen MR) is 79.8 cm³/mol. The van der Waals surface area contributed by atoms with Crippen LogP contribution in [0.3, 0.4) is 0 Å². The third-order valence-electron chi connectivity index (χ3n) is 2.88. The summed E-state index contributed by atoms with van der Waals surface area (Å²) in [5.74, 6) is 0.774. The van der Waals surface area contributed by atoms with Crippen LogP contribution in [-0.4, -0.2) is 19.6 Å². The summed E-state index contributed by atoms with van der Waals surface area (Å²) in [5.41, 5.74) is 1.98. The van der Waals surface area contributed by atoms with Gasteiger partial charge in [-0.15, -0.1) is 0 Å². The Kier molecular flexibility index (Phi) is 5.00. The highest BCUT2D eigenvalue weighted by atomic mass is 16.5. The van der Waals surface area contributed by atoms with E-state index < -0.39 is 0 Å². The van der Waals surface area contributed by atoms with Gasteiger partial charge in [0, 0.05) is 12.2 Å². The number of amides is 1. The van der Waals surface area contributed by atoms with Gasteiger partial charge in [0.2, 0.25) is 5.91 Å². The third-order valence-corrected chi connectivity index (χ3v) is 2.88. The second-order valence-corrected chi connectivity index (χ2v) is 4.34. The van der Waals surface area contributed by atoms with Gasteiger partial charge in [0.05, 0.1) is 13.7 Å². The fourth-order valence-electron chi connectivity index (χ4n) is 1.74. The van der Waals surface area contributed by atoms with Gasteiger partial charge in [-0.25, -0.2) is 0 Å². The zero-order chi connectivity index (χ0) is 14.2. The summed E-state index contributed by atoms with van der Waals surface area (Å²) in [7, 11) is 1.63. The first-order valence-corrected chi connectivity index (χ1v) is 6.46. The molecule has 2 N–H and O–H groups in total. The highest BCUT2D eigenvalue weighted by molar-refractivity contribution is 5.80. The molecule has 104 valence electrons. The van der Waals surface area contributed by atoms with Crippen LogP contribution >= 0.6 is 0 Å². The zero-order valence-corrected chi connectivity index (χ0v) is 11.4. The molecule has 0 unspecified atom stereocenters. The molecule has 0 saturated heterocycles. The van der Waals surface area contributed by atoms with Crippen LogP contribution < -0.4 is 15.4 Å². The molecule has 0 atom stereocenters. The van der Waals surface area contributed by atoms with Gasteiger partial charge in [-0.1, -0.05) is 30.3 Å². The van der Waals surface area contributed by atoms with Gasteiger partial charge in [0.25, 0.3) is 0 Å². The van der Waals surface area contributed by atoms with Crippen molar-refractivity contribution in [2.75, 3.05) is 19.0 Å². The van der Waals surface area contributed by atoms with E-state index in [1.807, 2.05) is 54.6 Å². The maximum absolute atomic E-state index is 11.7. The average Bonchev–Trinajstić information content (AvgIpc) is 2.52. The minimum Gasteiger partial charge on any atom is -0.497 e. The average molecular weight is 270 g/mol. The maximum atomic E-state index is 11.7. The fraction of sp³-hybridized carbons (Fsp3) is 0.188. The van der Waals surface area contributed by atoms with Gasteiger partial charge in [-0.05, 0) is 29.8 Å². The van der Waals surface area contributed by atoms with E-state index in [1.54, 1.807) is 7.11 Å². The fourth-order valence-corrected chi connectivity index (χ4v) is 1.74. The Morgan fingerprint density at radius 2 is 1.75 bits per heavy atom. The molecule has 1 amide bonds. The molecule has 2 rings (SSSR count). The number of carbonyl (C=O) groups excluding carboxylic acids is 1. The normalized spacial score (nSPS) is 9.85. The first kappa shape index (κ1) is 13.9. The van der Waals surface area contributed by atoms with E-state index in [0.717, 1.165) is 17.0 Å². The van der Waals surface area contributed by atoms with Gasteiger partial charge in [0.15, 0.2) is 0 Å². The second-order valence-electron chi connectivity index (χ2n) is 4.34. The first-order chi connectivity index (χ1) is 9.78. The highest BCUT2D eigenvalue weighted by Gasteiger charge is 2.01. The second kappa shape index (κ2) is 7.19. The summed E-state index contributed by atoms with van der Waals surface area (Å²) >= 11 is 0. The number of anilines is 1. The molecule has 0 fully saturated rings. The topological polar surface area (TPSA) is 50.4 Å². The molecule has 0 aliphatic carbocycles. The van der Waals surface area contributed by atoms with Gasteiger partial charge < -0.3 is 15.4 Å². The molecule has 0 aliphatic rings. The molecular weight excluding hydrogens is 252 g/mol. The van der Waals surface area contributed by atoms with Crippen LogP contribution in [0.2, 0.25) is 0 Å². The van der Waals surface area contributed by atoms with Crippen molar-refractivity contribution in [3.63, 3.8) is 0 Å². The molecule has 2 aromatic carbocycles. The smallest absolute Gasteiger partial charge is 0.239 e. The Bertz CT molecular complexity index is 538. The minimum atomic E-state index is -0.0373. The number of para-hydroxylation sites is 1. The summed E-state index contributed by atoms with van der Waals surface area (Å²) < 4.78 is 5.08. The van der Waals surface area contributed by atoms with Crippen LogP contribution in [-0.2, 0) is 11.3 Å². The number of carbonyl (C=O) groups is 1. The summed E-state index contributed by atoms with van der Waals surface area (Å²) in [4.78, 5) is 11.7. The molecule has 4 nitrogen and oxygen atoms in total. The zero-order valence-electron chi connectivity index (χ0n) is 11.4. The van der Waals surface area contributed by atoms with E-state index >= 15 is 0 Å². The number of benzene rings is 2. The van der Waals surface area contributed by atoms with Crippen LogP contribution in [0.1, 0.15) is 5.56 Å². The van der Waals surface area contributed by atoms with E-state index in [9.17, 15) is 4.79 Å². The molecule has 0 aromatic heterocycles. The van der Waals surface area contributed by atoms with E-state index in [0.29, 0.717) is 6.54 Å². The number of methoxy groups -OCH3 is 1. The van der Waals surface area contributed by atoms with Crippen molar-refractivity contribution in [2.45, 2.75) is 6.54 Å². The lowest BCUT2D eigenvalue weighted by atomic mass is 10.2. The monoisotopic (exact) mass is 270 g/mol. The summed E-state index contributed by atoms with van der Waals surface area (Å²) in [5, 5.41) is 5.93. The molecule has 4 heteroatoms. The Hall–Kier alpha value is -2.49. The van der Waals surface area contributed by atoms with Crippen LogP contribution in [0.15, 0.2) is 54.6 Å². The van der Waals surface area contributed by atoms with Gasteiger partial charge in [-0.2, -0.15) is 0 Å². The van der Waals surface area contributed by atoms with Crippen molar-refractivity contribution in [3.05, 3.63) is 60.2 Å². The van der Waals surface area contributed by atoms with E-state index in [2.05, 4.69) is 10.6 Å². The molecule has 0 radical (unpaired) electrons. The SMILES string of the molecule is COc1ccc(CNC(=O)CNc2ccccc2)cc1. The maximum Gasteiger partial charge on any atom is 0.239 e. The van der Waals surface area contributed by atoms with Crippen molar-refractivity contribution in [3.8, 4) is 5.75 Å². The van der Waals surface area contributed by atoms with Gasteiger partial charge in [0.1, 0.15) is 5.75 Å². The summed E-state index contributed by atoms with van der Waals surface area (Å²) in [6.45, 7) is 0.777. The van der Waals surface area contributed by atoms with Crippen molar-refractivity contribution >= 4 is 11.6 Å². The number of nitrogens with one attached hydrogen (secondary N) is 2. The van der Waals surface area contributed by atoms with Crippen molar-refractivity contribution < 1.29 is 9.53 Å². The van der Waals surface area contributed by atoms with Crippen LogP contribution in [0.4, 0.5) is 5.69 Å². The molecule has 0 bridgehead atoms.